The lowest BCUT2D eigenvalue weighted by atomic mass is 10.2. The van der Waals surface area contributed by atoms with Gasteiger partial charge in [0, 0.05) is 31.7 Å². The lowest BCUT2D eigenvalue weighted by Gasteiger charge is -2.11. The highest BCUT2D eigenvalue weighted by Crippen LogP contribution is 2.32. The van der Waals surface area contributed by atoms with Crippen LogP contribution in [0.2, 0.25) is 0 Å². The Bertz CT molecular complexity index is 499. The van der Waals surface area contributed by atoms with Gasteiger partial charge in [-0.1, -0.05) is 0 Å². The summed E-state index contributed by atoms with van der Waals surface area (Å²) >= 11 is 10.7. The Morgan fingerprint density at radius 1 is 1.22 bits per heavy atom. The van der Waals surface area contributed by atoms with Gasteiger partial charge in [0.1, 0.15) is 0 Å². The zero-order valence-electron chi connectivity index (χ0n) is 10.3. The van der Waals surface area contributed by atoms with Crippen molar-refractivity contribution in [3.8, 4) is 0 Å². The topological polar surface area (TPSA) is 12.0 Å². The first-order valence-corrected chi connectivity index (χ1v) is 8.99. The first-order valence-electron chi connectivity index (χ1n) is 5.77. The van der Waals surface area contributed by atoms with Crippen molar-refractivity contribution in [3.05, 3.63) is 41.1 Å². The van der Waals surface area contributed by atoms with Crippen LogP contribution in [-0.4, -0.2) is 6.04 Å². The molecule has 2 aromatic rings. The molecule has 1 nitrogen and oxygen atoms in total. The van der Waals surface area contributed by atoms with E-state index >= 15 is 0 Å². The quantitative estimate of drug-likeness (QED) is 0.701. The maximum absolute atomic E-state index is 3.57. The van der Waals surface area contributed by atoms with Crippen molar-refractivity contribution in [2.24, 2.45) is 0 Å². The lowest BCUT2D eigenvalue weighted by Crippen LogP contribution is -2.26. The van der Waals surface area contributed by atoms with Crippen molar-refractivity contribution in [1.29, 1.82) is 0 Å². The summed E-state index contributed by atoms with van der Waals surface area (Å²) in [5, 5.41) is 3.57. The number of nitrogens with one attached hydrogen (secondary N) is 1. The number of rotatable bonds is 5. The van der Waals surface area contributed by atoms with Gasteiger partial charge in [0.2, 0.25) is 0 Å². The molecule has 18 heavy (non-hydrogen) atoms. The maximum Gasteiger partial charge on any atom is 0.0843 e. The summed E-state index contributed by atoms with van der Waals surface area (Å²) in [7, 11) is 0. The van der Waals surface area contributed by atoms with Crippen molar-refractivity contribution >= 4 is 54.5 Å². The van der Waals surface area contributed by atoms with Crippen LogP contribution in [-0.2, 0) is 13.0 Å². The zero-order valence-corrected chi connectivity index (χ0v) is 15.1. The Hall–Kier alpha value is 0.320. The van der Waals surface area contributed by atoms with E-state index in [0.717, 1.165) is 17.4 Å². The Balaban J connectivity index is 1.83. The van der Waals surface area contributed by atoms with Gasteiger partial charge >= 0.3 is 0 Å². The molecule has 0 aromatic carbocycles. The summed E-state index contributed by atoms with van der Waals surface area (Å²) < 4.78 is 2.31. The van der Waals surface area contributed by atoms with E-state index in [2.05, 4.69) is 69.2 Å². The fourth-order valence-corrected chi connectivity index (χ4v) is 4.87. The Morgan fingerprint density at radius 3 is 2.56 bits per heavy atom. The Labute approximate surface area is 133 Å². The first-order chi connectivity index (χ1) is 8.54. The third-order valence-corrected chi connectivity index (χ3v) is 6.90. The number of hydrogen-bond donors (Lipinski definition) is 1. The van der Waals surface area contributed by atoms with Gasteiger partial charge in [0.25, 0.3) is 0 Å². The molecule has 2 heterocycles. The minimum atomic E-state index is 0.503. The van der Waals surface area contributed by atoms with Crippen molar-refractivity contribution in [2.75, 3.05) is 0 Å². The lowest BCUT2D eigenvalue weighted by molar-refractivity contribution is 0.552. The normalized spacial score (nSPS) is 12.9. The molecule has 0 saturated carbocycles. The van der Waals surface area contributed by atoms with Crippen molar-refractivity contribution < 1.29 is 0 Å². The predicted molar refractivity (Wildman–Crippen MR) is 88.8 cm³/mol. The van der Waals surface area contributed by atoms with E-state index in [1.165, 1.54) is 18.4 Å². The summed E-state index contributed by atoms with van der Waals surface area (Å²) in [5.41, 5.74) is 0. The van der Waals surface area contributed by atoms with Crippen LogP contribution in [0.1, 0.15) is 21.6 Å². The average molecular weight is 409 g/mol. The molecule has 0 amide bonds. The van der Waals surface area contributed by atoms with E-state index in [1.807, 2.05) is 11.3 Å². The van der Waals surface area contributed by atoms with Crippen LogP contribution in [0.15, 0.2) is 26.5 Å². The van der Waals surface area contributed by atoms with Crippen LogP contribution in [0.4, 0.5) is 0 Å². The van der Waals surface area contributed by atoms with Crippen LogP contribution in [0.3, 0.4) is 0 Å². The molecule has 2 rings (SSSR count). The van der Waals surface area contributed by atoms with Crippen molar-refractivity contribution in [3.63, 3.8) is 0 Å². The van der Waals surface area contributed by atoms with Gasteiger partial charge in [0.15, 0.2) is 0 Å². The maximum atomic E-state index is 3.57. The monoisotopic (exact) mass is 407 g/mol. The summed E-state index contributed by atoms with van der Waals surface area (Å²) in [6.45, 7) is 5.33. The molecular formula is C13H15Br2NS2. The average Bonchev–Trinajstić information content (AvgIpc) is 2.84. The number of hydrogen-bond acceptors (Lipinski definition) is 3. The molecule has 0 saturated heterocycles. The third-order valence-electron chi connectivity index (χ3n) is 2.62. The molecule has 0 aliphatic rings. The van der Waals surface area contributed by atoms with E-state index in [-0.39, 0.29) is 0 Å². The molecule has 0 aliphatic heterocycles. The van der Waals surface area contributed by atoms with Gasteiger partial charge < -0.3 is 5.32 Å². The van der Waals surface area contributed by atoms with E-state index in [9.17, 15) is 0 Å². The third kappa shape index (κ3) is 4.17. The SMILES string of the molecule is Cc1ccc(CC(C)NCc2cc(Br)c(Br)s2)s1. The number of thiophene rings is 2. The minimum Gasteiger partial charge on any atom is -0.309 e. The van der Waals surface area contributed by atoms with Crippen LogP contribution in [0.25, 0.3) is 0 Å². The molecule has 0 spiro atoms. The van der Waals surface area contributed by atoms with Crippen molar-refractivity contribution in [1.82, 2.24) is 5.32 Å². The van der Waals surface area contributed by atoms with Gasteiger partial charge in [-0.3, -0.25) is 0 Å². The van der Waals surface area contributed by atoms with Crippen LogP contribution < -0.4 is 5.32 Å². The minimum absolute atomic E-state index is 0.503. The largest absolute Gasteiger partial charge is 0.309 e. The first kappa shape index (κ1) is 14.7. The van der Waals surface area contributed by atoms with Crippen LogP contribution in [0.5, 0.6) is 0 Å². The molecule has 0 fully saturated rings. The van der Waals surface area contributed by atoms with Gasteiger partial charge in [-0.05, 0) is 70.3 Å². The smallest absolute Gasteiger partial charge is 0.0843 e. The van der Waals surface area contributed by atoms with Gasteiger partial charge in [-0.15, -0.1) is 22.7 Å². The summed E-state index contributed by atoms with van der Waals surface area (Å²) in [4.78, 5) is 4.20. The second-order valence-corrected chi connectivity index (χ2v) is 9.01. The van der Waals surface area contributed by atoms with E-state index in [4.69, 9.17) is 0 Å². The van der Waals surface area contributed by atoms with Gasteiger partial charge in [-0.25, -0.2) is 0 Å². The Morgan fingerprint density at radius 2 is 2.00 bits per heavy atom. The predicted octanol–water partition coefficient (Wildman–Crippen LogP) is 5.36. The molecule has 2 aromatic heterocycles. The zero-order chi connectivity index (χ0) is 13.1. The molecule has 0 radical (unpaired) electrons. The summed E-state index contributed by atoms with van der Waals surface area (Å²) in [5.74, 6) is 0. The fourth-order valence-electron chi connectivity index (χ4n) is 1.72. The highest BCUT2D eigenvalue weighted by molar-refractivity contribution is 9.13. The number of halogens is 2. The second-order valence-electron chi connectivity index (χ2n) is 4.33. The Kier molecular flexibility index (Phi) is 5.45. The molecular weight excluding hydrogens is 394 g/mol. The van der Waals surface area contributed by atoms with Gasteiger partial charge in [0.05, 0.1) is 3.79 Å². The van der Waals surface area contributed by atoms with Crippen molar-refractivity contribution in [2.45, 2.75) is 32.9 Å². The molecule has 0 bridgehead atoms. The number of aryl methyl sites for hydroxylation is 1. The molecule has 98 valence electrons. The molecule has 1 atom stereocenters. The molecule has 0 aliphatic carbocycles. The van der Waals surface area contributed by atoms with E-state index in [1.54, 1.807) is 11.3 Å². The van der Waals surface area contributed by atoms with E-state index in [0.29, 0.717) is 6.04 Å². The van der Waals surface area contributed by atoms with E-state index < -0.39 is 0 Å². The highest BCUT2D eigenvalue weighted by Gasteiger charge is 2.08. The highest BCUT2D eigenvalue weighted by atomic mass is 79.9. The van der Waals surface area contributed by atoms with Crippen LogP contribution in [0, 0.1) is 6.92 Å². The fraction of sp³-hybridized carbons (Fsp3) is 0.385. The molecule has 1 N–H and O–H groups in total. The van der Waals surface area contributed by atoms with Gasteiger partial charge in [-0.2, -0.15) is 0 Å². The molecule has 1 unspecified atom stereocenters. The standard InChI is InChI=1S/C13H15Br2NS2/c1-8(5-10-4-3-9(2)17-10)16-7-11-6-12(14)13(15)18-11/h3-4,6,8,16H,5,7H2,1-2H3. The summed E-state index contributed by atoms with van der Waals surface area (Å²) in [6.07, 6.45) is 1.10. The summed E-state index contributed by atoms with van der Waals surface area (Å²) in [6, 6.07) is 7.10. The second kappa shape index (κ2) is 6.66. The molecule has 5 heteroatoms. The van der Waals surface area contributed by atoms with Crippen LogP contribution >= 0.6 is 54.5 Å².